The zero-order valence-corrected chi connectivity index (χ0v) is 40.4. The normalized spacial score (nSPS) is 19.9. The summed E-state index contributed by atoms with van der Waals surface area (Å²) in [6.45, 7) is 16.6. The Morgan fingerprint density at radius 3 is 1.88 bits per heavy atom. The van der Waals surface area contributed by atoms with E-state index in [9.17, 15) is 4.79 Å². The Hall–Kier alpha value is -5.71. The van der Waals surface area contributed by atoms with Gasteiger partial charge in [-0.2, -0.15) is 0 Å². The number of hydrogen-bond donors (Lipinski definition) is 0. The summed E-state index contributed by atoms with van der Waals surface area (Å²) in [7, 11) is -1.56. The molecule has 7 aromatic carbocycles. The van der Waals surface area contributed by atoms with Crippen molar-refractivity contribution in [1.82, 2.24) is 0 Å². The Balaban J connectivity index is 1.12. The summed E-state index contributed by atoms with van der Waals surface area (Å²) in [5.41, 5.74) is 18.9. The van der Waals surface area contributed by atoms with Crippen LogP contribution in [0.3, 0.4) is 0 Å². The molecule has 2 heterocycles. The smallest absolute Gasteiger partial charge is 0.182 e. The summed E-state index contributed by atoms with van der Waals surface area (Å²) in [4.78, 5) is 14.5. The van der Waals surface area contributed by atoms with Crippen LogP contribution < -0.4 is 15.9 Å². The van der Waals surface area contributed by atoms with Crippen LogP contribution in [0.15, 0.2) is 176 Å². The van der Waals surface area contributed by atoms with Gasteiger partial charge in [0.15, 0.2) is 11.1 Å². The van der Waals surface area contributed by atoms with Gasteiger partial charge in [0.05, 0.1) is 11.0 Å². The highest BCUT2D eigenvalue weighted by Gasteiger charge is 2.53. The number of rotatable bonds is 8. The first-order valence-corrected chi connectivity index (χ1v) is 26.6. The molecule has 0 fully saturated rings. The molecule has 0 saturated heterocycles. The van der Waals surface area contributed by atoms with Gasteiger partial charge >= 0.3 is 0 Å². The Bertz CT molecular complexity index is 3150. The SMILES string of the molecule is CC(C)c1ccc2c(c1-c1ccccc1)P(C(C)C)c1ccccc1C21c2ccccc2-c2cc(CC(C)[P+]3=C4C=CC=CC4C(=O)c4ccc(C(C)C)c(-c5ccccc5)c43)ccc21. The lowest BCUT2D eigenvalue weighted by atomic mass is 9.66. The minimum absolute atomic E-state index is 0.207. The highest BCUT2D eigenvalue weighted by atomic mass is 31.1. The Kier molecular flexibility index (Phi) is 10.5. The molecule has 4 aliphatic rings. The van der Waals surface area contributed by atoms with Crippen molar-refractivity contribution in [3.8, 4) is 33.4 Å². The van der Waals surface area contributed by atoms with E-state index in [1.807, 2.05) is 0 Å². The summed E-state index contributed by atoms with van der Waals surface area (Å²) in [5.74, 6) is 0.726. The van der Waals surface area contributed by atoms with E-state index in [2.05, 4.69) is 224 Å². The van der Waals surface area contributed by atoms with Crippen LogP contribution in [-0.2, 0) is 11.8 Å². The number of fused-ring (bicyclic) bond motifs is 11. The first kappa shape index (κ1) is 42.0. The summed E-state index contributed by atoms with van der Waals surface area (Å²) in [6, 6.07) is 57.8. The third kappa shape index (κ3) is 6.37. The lowest BCUT2D eigenvalue weighted by Gasteiger charge is -2.46. The van der Waals surface area contributed by atoms with Gasteiger partial charge in [0.1, 0.15) is 24.4 Å². The third-order valence-corrected chi connectivity index (χ3v) is 20.5. The van der Waals surface area contributed by atoms with Gasteiger partial charge in [-0.05, 0) is 122 Å². The molecule has 3 heteroatoms. The second kappa shape index (κ2) is 16.3. The highest BCUT2D eigenvalue weighted by molar-refractivity contribution is 7.74. The average Bonchev–Trinajstić information content (AvgIpc) is 3.61. The molecule has 320 valence electrons. The molecule has 2 aliphatic heterocycles. The molecule has 0 aromatic heterocycles. The number of carbonyl (C=O) groups is 1. The van der Waals surface area contributed by atoms with Crippen LogP contribution in [0, 0.1) is 5.92 Å². The molecule has 11 rings (SSSR count). The predicted octanol–water partition coefficient (Wildman–Crippen LogP) is 14.6. The van der Waals surface area contributed by atoms with E-state index in [-0.39, 0.29) is 17.4 Å². The Labute approximate surface area is 388 Å². The standard InChI is InChI=1S/C62H57OP2/c1-38(2)45-31-32-49-59(63)48-25-15-18-28-55(48)65(60(49)57(45)43-20-10-8-11-21-43)41(7)36-42-30-34-52-50(37-42)47-24-14-16-26-51(47)62(52)53-27-17-19-29-56(53)64(40(5)6)61-54(62)35-33-46(39(3)4)58(61)44-22-12-9-13-23-44/h8-35,37-41,48H,36H2,1-7H3/q+1. The first-order chi connectivity index (χ1) is 31.6. The van der Waals surface area contributed by atoms with Crippen molar-refractivity contribution in [3.63, 3.8) is 0 Å². The zero-order chi connectivity index (χ0) is 44.7. The molecule has 7 aromatic rings. The number of hydrogen-bond acceptors (Lipinski definition) is 1. The van der Waals surface area contributed by atoms with Crippen molar-refractivity contribution >= 4 is 42.5 Å². The van der Waals surface area contributed by atoms with E-state index < -0.39 is 20.9 Å². The Morgan fingerprint density at radius 2 is 1.17 bits per heavy atom. The van der Waals surface area contributed by atoms with Crippen molar-refractivity contribution in [1.29, 1.82) is 0 Å². The molecule has 0 bridgehead atoms. The van der Waals surface area contributed by atoms with E-state index >= 15 is 0 Å². The third-order valence-electron chi connectivity index (χ3n) is 14.7. The number of ketones is 1. The van der Waals surface area contributed by atoms with Gasteiger partial charge in [-0.25, -0.2) is 0 Å². The van der Waals surface area contributed by atoms with Crippen molar-refractivity contribution < 1.29 is 4.79 Å². The molecular formula is C62H57OP2+. The maximum absolute atomic E-state index is 14.5. The summed E-state index contributed by atoms with van der Waals surface area (Å²) in [5, 5.41) is 5.63. The molecule has 0 N–H and O–H groups in total. The van der Waals surface area contributed by atoms with Gasteiger partial charge < -0.3 is 0 Å². The number of allylic oxidation sites excluding steroid dienone is 4. The predicted molar refractivity (Wildman–Crippen MR) is 281 cm³/mol. The van der Waals surface area contributed by atoms with Crippen LogP contribution in [0.5, 0.6) is 0 Å². The highest BCUT2D eigenvalue weighted by Crippen LogP contribution is 2.62. The fourth-order valence-electron chi connectivity index (χ4n) is 12.0. The topological polar surface area (TPSA) is 17.1 Å². The van der Waals surface area contributed by atoms with Crippen molar-refractivity contribution in [3.05, 3.63) is 220 Å². The van der Waals surface area contributed by atoms with Crippen LogP contribution in [0.2, 0.25) is 0 Å². The molecule has 0 amide bonds. The number of benzene rings is 7. The fraction of sp³-hybridized carbons (Fsp3) is 0.226. The zero-order valence-electron chi connectivity index (χ0n) is 38.6. The molecule has 2 aliphatic carbocycles. The second-order valence-corrected chi connectivity index (χ2v) is 24.8. The molecule has 0 saturated carbocycles. The van der Waals surface area contributed by atoms with Gasteiger partial charge in [0, 0.05) is 12.0 Å². The van der Waals surface area contributed by atoms with Gasteiger partial charge in [-0.15, -0.1) is 0 Å². The summed E-state index contributed by atoms with van der Waals surface area (Å²) < 4.78 is 0. The molecule has 1 spiro atoms. The second-order valence-electron chi connectivity index (χ2n) is 19.5. The van der Waals surface area contributed by atoms with E-state index in [0.29, 0.717) is 17.5 Å². The molecule has 65 heavy (non-hydrogen) atoms. The van der Waals surface area contributed by atoms with Crippen LogP contribution in [0.25, 0.3) is 33.4 Å². The summed E-state index contributed by atoms with van der Waals surface area (Å²) >= 11 is 0. The maximum atomic E-state index is 14.5. The van der Waals surface area contributed by atoms with Crippen LogP contribution in [0.4, 0.5) is 0 Å². The lowest BCUT2D eigenvalue weighted by molar-refractivity contribution is 0.0973. The molecular weight excluding hydrogens is 823 g/mol. The molecule has 1 nitrogen and oxygen atoms in total. The van der Waals surface area contributed by atoms with Crippen LogP contribution in [-0.4, -0.2) is 22.4 Å². The monoisotopic (exact) mass is 879 g/mol. The average molecular weight is 880 g/mol. The van der Waals surface area contributed by atoms with Gasteiger partial charge in [-0.3, -0.25) is 4.79 Å². The van der Waals surface area contributed by atoms with Crippen molar-refractivity contribution in [2.45, 2.75) is 83.5 Å². The van der Waals surface area contributed by atoms with Crippen molar-refractivity contribution in [2.24, 2.45) is 5.92 Å². The number of Topliss-reactive ketones (excluding diaryl/α,β-unsaturated/α-hetero) is 1. The molecule has 5 unspecified atom stereocenters. The number of carbonyl (C=O) groups excluding carboxylic acids is 1. The van der Waals surface area contributed by atoms with E-state index in [1.165, 1.54) is 88.2 Å². The van der Waals surface area contributed by atoms with Gasteiger partial charge in [0.2, 0.25) is 0 Å². The van der Waals surface area contributed by atoms with Crippen LogP contribution >= 0.6 is 15.5 Å². The minimum Gasteiger partial charge on any atom is -0.293 e. The van der Waals surface area contributed by atoms with Gasteiger partial charge in [0.25, 0.3) is 0 Å². The van der Waals surface area contributed by atoms with Gasteiger partial charge in [-0.1, -0.05) is 205 Å². The quantitative estimate of drug-likeness (QED) is 0.139. The van der Waals surface area contributed by atoms with E-state index in [1.54, 1.807) is 5.30 Å². The van der Waals surface area contributed by atoms with E-state index in [4.69, 9.17) is 0 Å². The molecule has 5 atom stereocenters. The Morgan fingerprint density at radius 1 is 0.569 bits per heavy atom. The minimum atomic E-state index is -0.875. The maximum Gasteiger partial charge on any atom is 0.182 e. The summed E-state index contributed by atoms with van der Waals surface area (Å²) in [6.07, 6.45) is 9.57. The molecule has 0 radical (unpaired) electrons. The largest absolute Gasteiger partial charge is 0.293 e. The van der Waals surface area contributed by atoms with Crippen LogP contribution in [0.1, 0.15) is 110 Å². The van der Waals surface area contributed by atoms with Crippen molar-refractivity contribution in [2.75, 3.05) is 0 Å². The first-order valence-electron chi connectivity index (χ1n) is 23.7. The lowest BCUT2D eigenvalue weighted by Crippen LogP contribution is -2.44. The van der Waals surface area contributed by atoms with E-state index in [0.717, 1.165) is 12.0 Å². The fourth-order valence-corrected chi connectivity index (χ4v) is 18.4.